The number of nitrogens with zero attached hydrogens (tertiary/aromatic N) is 2. The van der Waals surface area contributed by atoms with Gasteiger partial charge in [0.05, 0.1) is 18.8 Å². The molecule has 4 rings (SSSR count). The average molecular weight is 320 g/mol. The first-order chi connectivity index (χ1) is 11.7. The van der Waals surface area contributed by atoms with Gasteiger partial charge in [0.2, 0.25) is 0 Å². The zero-order valence-electron chi connectivity index (χ0n) is 12.9. The lowest BCUT2D eigenvalue weighted by atomic mass is 9.97. The Balaban J connectivity index is 1.56. The van der Waals surface area contributed by atoms with E-state index in [0.717, 1.165) is 16.7 Å². The Morgan fingerprint density at radius 1 is 1.17 bits per heavy atom. The van der Waals surface area contributed by atoms with E-state index in [1.165, 1.54) is 6.39 Å². The number of carbonyl (C=O) groups excluding carboxylic acids is 1. The molecule has 1 aromatic heterocycles. The van der Waals surface area contributed by atoms with E-state index >= 15 is 0 Å². The largest absolute Gasteiger partial charge is 0.444 e. The molecule has 5 nitrogen and oxygen atoms in total. The molecule has 1 N–H and O–H groups in total. The summed E-state index contributed by atoms with van der Waals surface area (Å²) in [4.78, 5) is 18.3. The molecule has 1 aliphatic rings. The number of amides is 1. The van der Waals surface area contributed by atoms with Crippen molar-refractivity contribution in [2.24, 2.45) is 0 Å². The third-order valence-electron chi connectivity index (χ3n) is 4.30. The molecule has 0 saturated carbocycles. The summed E-state index contributed by atoms with van der Waals surface area (Å²) in [6, 6.07) is 14.9. The van der Waals surface area contributed by atoms with Gasteiger partial charge in [-0.3, -0.25) is 4.79 Å². The van der Waals surface area contributed by atoms with Gasteiger partial charge < -0.3 is 14.4 Å². The number of rotatable bonds is 2. The van der Waals surface area contributed by atoms with Crippen LogP contribution in [0.25, 0.3) is 11.3 Å². The lowest BCUT2D eigenvalue weighted by Crippen LogP contribution is -2.38. The van der Waals surface area contributed by atoms with Gasteiger partial charge in [-0.15, -0.1) is 0 Å². The van der Waals surface area contributed by atoms with E-state index < -0.39 is 6.10 Å². The van der Waals surface area contributed by atoms with Crippen LogP contribution in [-0.4, -0.2) is 27.4 Å². The summed E-state index contributed by atoms with van der Waals surface area (Å²) in [5.74, 6) is 0.573. The van der Waals surface area contributed by atoms with Crippen LogP contribution in [0.15, 0.2) is 65.5 Å². The van der Waals surface area contributed by atoms with Crippen LogP contribution in [0.3, 0.4) is 0 Å². The summed E-state index contributed by atoms with van der Waals surface area (Å²) in [6.07, 6.45) is 2.36. The third-order valence-corrected chi connectivity index (χ3v) is 4.30. The summed E-state index contributed by atoms with van der Waals surface area (Å²) >= 11 is 0. The highest BCUT2D eigenvalue weighted by Crippen LogP contribution is 2.27. The monoisotopic (exact) mass is 320 g/mol. The van der Waals surface area contributed by atoms with Gasteiger partial charge >= 0.3 is 0 Å². The van der Waals surface area contributed by atoms with E-state index in [9.17, 15) is 9.90 Å². The van der Waals surface area contributed by atoms with E-state index in [1.807, 2.05) is 36.4 Å². The first-order valence-electron chi connectivity index (χ1n) is 7.76. The van der Waals surface area contributed by atoms with Crippen molar-refractivity contribution in [3.63, 3.8) is 0 Å². The summed E-state index contributed by atoms with van der Waals surface area (Å²) in [5, 5.41) is 10.3. The van der Waals surface area contributed by atoms with Crippen molar-refractivity contribution >= 4 is 5.91 Å². The van der Waals surface area contributed by atoms with Gasteiger partial charge in [0.15, 0.2) is 12.2 Å². The van der Waals surface area contributed by atoms with Crippen molar-refractivity contribution in [3.8, 4) is 11.3 Å². The van der Waals surface area contributed by atoms with E-state index in [1.54, 1.807) is 23.2 Å². The smallest absolute Gasteiger partial charge is 0.254 e. The number of aliphatic hydroxyl groups is 1. The predicted molar refractivity (Wildman–Crippen MR) is 88.1 cm³/mol. The lowest BCUT2D eigenvalue weighted by molar-refractivity contribution is 0.0550. The summed E-state index contributed by atoms with van der Waals surface area (Å²) in [7, 11) is 0. The molecule has 1 amide bonds. The number of hydrogen-bond donors (Lipinski definition) is 1. The van der Waals surface area contributed by atoms with E-state index in [-0.39, 0.29) is 5.91 Å². The van der Waals surface area contributed by atoms with Gasteiger partial charge in [-0.25, -0.2) is 4.98 Å². The number of aromatic nitrogens is 1. The van der Waals surface area contributed by atoms with Gasteiger partial charge in [-0.05, 0) is 23.3 Å². The van der Waals surface area contributed by atoms with E-state index in [0.29, 0.717) is 24.4 Å². The highest BCUT2D eigenvalue weighted by molar-refractivity contribution is 5.94. The zero-order valence-corrected chi connectivity index (χ0v) is 12.9. The second kappa shape index (κ2) is 5.94. The second-order valence-corrected chi connectivity index (χ2v) is 5.84. The van der Waals surface area contributed by atoms with Crippen LogP contribution in [0, 0.1) is 0 Å². The Kier molecular flexibility index (Phi) is 3.63. The van der Waals surface area contributed by atoms with Crippen LogP contribution in [0.4, 0.5) is 0 Å². The fourth-order valence-corrected chi connectivity index (χ4v) is 3.05. The minimum absolute atomic E-state index is 0.0901. The summed E-state index contributed by atoms with van der Waals surface area (Å²) < 4.78 is 5.25. The van der Waals surface area contributed by atoms with E-state index in [2.05, 4.69) is 4.98 Å². The molecule has 3 aromatic rings. The van der Waals surface area contributed by atoms with Crippen molar-refractivity contribution in [1.29, 1.82) is 0 Å². The summed E-state index contributed by atoms with van der Waals surface area (Å²) in [6.45, 7) is 0.815. The van der Waals surface area contributed by atoms with Gasteiger partial charge in [0, 0.05) is 17.7 Å². The number of carbonyl (C=O) groups is 1. The number of fused-ring (bicyclic) bond motifs is 1. The maximum Gasteiger partial charge on any atom is 0.254 e. The first-order valence-corrected chi connectivity index (χ1v) is 7.76. The number of hydrogen-bond acceptors (Lipinski definition) is 4. The number of β-amino-alcohol motifs (C(OH)–C–C–N with tert-alkyl or cyclic N) is 1. The average Bonchev–Trinajstić information content (AvgIpc) is 3.16. The quantitative estimate of drug-likeness (QED) is 0.788. The minimum atomic E-state index is -0.646. The Bertz CT molecular complexity index is 857. The van der Waals surface area contributed by atoms with Crippen LogP contribution in [0.2, 0.25) is 0 Å². The van der Waals surface area contributed by atoms with Gasteiger partial charge in [0.1, 0.15) is 0 Å². The molecule has 24 heavy (non-hydrogen) atoms. The Morgan fingerprint density at radius 2 is 1.96 bits per heavy atom. The molecule has 0 saturated heterocycles. The Hall–Kier alpha value is -2.92. The fraction of sp³-hybridized carbons (Fsp3) is 0.158. The Morgan fingerprint density at radius 3 is 2.71 bits per heavy atom. The molecule has 1 aliphatic heterocycles. The molecule has 1 atom stereocenters. The van der Waals surface area contributed by atoms with Crippen molar-refractivity contribution in [2.75, 3.05) is 6.54 Å². The normalized spacial score (nSPS) is 16.7. The van der Waals surface area contributed by atoms with Crippen molar-refractivity contribution in [1.82, 2.24) is 9.88 Å². The molecule has 5 heteroatoms. The molecule has 120 valence electrons. The first kappa shape index (κ1) is 14.7. The number of aliphatic hydroxyl groups excluding tert-OH is 1. The maximum absolute atomic E-state index is 12.7. The molecule has 2 aromatic carbocycles. The Labute approximate surface area is 139 Å². The molecule has 0 fully saturated rings. The zero-order chi connectivity index (χ0) is 16.5. The molecule has 1 unspecified atom stereocenters. The number of oxazole rings is 1. The van der Waals surface area contributed by atoms with Crippen LogP contribution in [-0.2, 0) is 6.54 Å². The maximum atomic E-state index is 12.7. The number of benzene rings is 2. The van der Waals surface area contributed by atoms with Crippen molar-refractivity contribution in [3.05, 3.63) is 77.8 Å². The molecule has 0 radical (unpaired) electrons. The lowest BCUT2D eigenvalue weighted by Gasteiger charge is -2.32. The van der Waals surface area contributed by atoms with Crippen LogP contribution in [0.5, 0.6) is 0 Å². The standard InChI is InChI=1S/C19H16N2O3/c22-17-11-21(10-15-3-1-2-4-16(15)17)19(23)14-7-5-13(6-8-14)18-9-20-12-24-18/h1-9,12,17,22H,10-11H2. The second-order valence-electron chi connectivity index (χ2n) is 5.84. The van der Waals surface area contributed by atoms with Gasteiger partial charge in [-0.1, -0.05) is 36.4 Å². The summed E-state index contributed by atoms with van der Waals surface area (Å²) in [5.41, 5.74) is 3.35. The molecule has 2 heterocycles. The molecule has 0 spiro atoms. The van der Waals surface area contributed by atoms with Gasteiger partial charge in [-0.2, -0.15) is 0 Å². The molecule has 0 aliphatic carbocycles. The molecule has 0 bridgehead atoms. The van der Waals surface area contributed by atoms with Crippen molar-refractivity contribution in [2.45, 2.75) is 12.6 Å². The third kappa shape index (κ3) is 2.59. The topological polar surface area (TPSA) is 66.6 Å². The predicted octanol–water partition coefficient (Wildman–Crippen LogP) is 3.03. The van der Waals surface area contributed by atoms with E-state index in [4.69, 9.17) is 4.42 Å². The van der Waals surface area contributed by atoms with Crippen LogP contribution >= 0.6 is 0 Å². The highest BCUT2D eigenvalue weighted by Gasteiger charge is 2.27. The molecular weight excluding hydrogens is 304 g/mol. The van der Waals surface area contributed by atoms with Gasteiger partial charge in [0.25, 0.3) is 5.91 Å². The van der Waals surface area contributed by atoms with Crippen LogP contribution in [0.1, 0.15) is 27.6 Å². The minimum Gasteiger partial charge on any atom is -0.444 e. The molecular formula is C19H16N2O3. The van der Waals surface area contributed by atoms with Crippen molar-refractivity contribution < 1.29 is 14.3 Å². The fourth-order valence-electron chi connectivity index (χ4n) is 3.05. The SMILES string of the molecule is O=C(c1ccc(-c2cnco2)cc1)N1Cc2ccccc2C(O)C1. The van der Waals surface area contributed by atoms with Crippen LogP contribution < -0.4 is 0 Å². The highest BCUT2D eigenvalue weighted by atomic mass is 16.3.